The minimum Gasteiger partial charge on any atom is -0.243 e. The SMILES string of the molecule is Fc1cccc(-c2cc(-c3ccccc3)nc(C(F)(F)F)c2)c1. The minimum atomic E-state index is -4.58. The smallest absolute Gasteiger partial charge is 0.243 e. The third-order valence-electron chi connectivity index (χ3n) is 3.34. The van der Waals surface area contributed by atoms with Crippen LogP contribution in [-0.2, 0) is 6.18 Å². The fourth-order valence-corrected chi connectivity index (χ4v) is 2.27. The Morgan fingerprint density at radius 2 is 1.39 bits per heavy atom. The Hall–Kier alpha value is -2.69. The van der Waals surface area contributed by atoms with Crippen molar-refractivity contribution in [3.63, 3.8) is 0 Å². The average molecular weight is 317 g/mol. The van der Waals surface area contributed by atoms with Gasteiger partial charge < -0.3 is 0 Å². The maximum atomic E-state index is 13.4. The zero-order valence-electron chi connectivity index (χ0n) is 11.8. The summed E-state index contributed by atoms with van der Waals surface area (Å²) in [5.41, 5.74) is 0.398. The van der Waals surface area contributed by atoms with E-state index < -0.39 is 17.7 Å². The van der Waals surface area contributed by atoms with Gasteiger partial charge in [-0.2, -0.15) is 13.2 Å². The summed E-state index contributed by atoms with van der Waals surface area (Å²) in [5.74, 6) is -0.505. The molecule has 5 heteroatoms. The standard InChI is InChI=1S/C18H11F4N/c19-15-8-4-7-13(9-15)14-10-16(12-5-2-1-3-6-12)23-17(11-14)18(20,21)22/h1-11H. The number of alkyl halides is 3. The molecule has 0 unspecified atom stereocenters. The number of halogens is 4. The summed E-state index contributed by atoms with van der Waals surface area (Å²) in [5, 5.41) is 0. The summed E-state index contributed by atoms with van der Waals surface area (Å²) in [6.07, 6.45) is -4.58. The highest BCUT2D eigenvalue weighted by atomic mass is 19.4. The highest BCUT2D eigenvalue weighted by molar-refractivity contribution is 5.71. The monoisotopic (exact) mass is 317 g/mol. The molecule has 1 nitrogen and oxygen atoms in total. The van der Waals surface area contributed by atoms with E-state index in [-0.39, 0.29) is 11.3 Å². The maximum absolute atomic E-state index is 13.4. The Labute approximate surface area is 130 Å². The number of pyridine rings is 1. The molecule has 2 aromatic carbocycles. The Morgan fingerprint density at radius 1 is 0.696 bits per heavy atom. The molecule has 23 heavy (non-hydrogen) atoms. The molecule has 0 bridgehead atoms. The second kappa shape index (κ2) is 5.83. The number of aromatic nitrogens is 1. The van der Waals surface area contributed by atoms with Crippen LogP contribution in [0.2, 0.25) is 0 Å². The molecule has 0 spiro atoms. The van der Waals surface area contributed by atoms with E-state index in [2.05, 4.69) is 4.98 Å². The molecule has 0 aliphatic rings. The van der Waals surface area contributed by atoms with Crippen molar-refractivity contribution in [2.24, 2.45) is 0 Å². The van der Waals surface area contributed by atoms with Crippen LogP contribution in [0.4, 0.5) is 17.6 Å². The predicted molar refractivity (Wildman–Crippen MR) is 80.1 cm³/mol. The van der Waals surface area contributed by atoms with Crippen molar-refractivity contribution >= 4 is 0 Å². The Balaban J connectivity index is 2.20. The second-order valence-corrected chi connectivity index (χ2v) is 5.00. The van der Waals surface area contributed by atoms with E-state index >= 15 is 0 Å². The van der Waals surface area contributed by atoms with Crippen LogP contribution in [-0.4, -0.2) is 4.98 Å². The van der Waals surface area contributed by atoms with Crippen LogP contribution in [0.1, 0.15) is 5.69 Å². The van der Waals surface area contributed by atoms with Crippen LogP contribution in [0.15, 0.2) is 66.7 Å². The summed E-state index contributed by atoms with van der Waals surface area (Å²) < 4.78 is 52.7. The van der Waals surface area contributed by atoms with Crippen molar-refractivity contribution in [2.45, 2.75) is 6.18 Å². The third-order valence-corrected chi connectivity index (χ3v) is 3.34. The van der Waals surface area contributed by atoms with Crippen LogP contribution < -0.4 is 0 Å². The van der Waals surface area contributed by atoms with Gasteiger partial charge in [-0.3, -0.25) is 0 Å². The maximum Gasteiger partial charge on any atom is 0.433 e. The van der Waals surface area contributed by atoms with Gasteiger partial charge in [-0.1, -0.05) is 42.5 Å². The van der Waals surface area contributed by atoms with E-state index in [9.17, 15) is 17.6 Å². The van der Waals surface area contributed by atoms with Gasteiger partial charge in [0.15, 0.2) is 0 Å². The van der Waals surface area contributed by atoms with Gasteiger partial charge in [0.05, 0.1) is 5.69 Å². The largest absolute Gasteiger partial charge is 0.433 e. The quantitative estimate of drug-likeness (QED) is 0.563. The van der Waals surface area contributed by atoms with Gasteiger partial charge in [-0.15, -0.1) is 0 Å². The molecule has 3 aromatic rings. The van der Waals surface area contributed by atoms with Crippen molar-refractivity contribution in [3.8, 4) is 22.4 Å². The van der Waals surface area contributed by atoms with Crippen molar-refractivity contribution < 1.29 is 17.6 Å². The van der Waals surface area contributed by atoms with Crippen LogP contribution in [0.3, 0.4) is 0 Å². The summed E-state index contributed by atoms with van der Waals surface area (Å²) in [4.78, 5) is 3.70. The average Bonchev–Trinajstić information content (AvgIpc) is 2.54. The van der Waals surface area contributed by atoms with E-state index in [1.54, 1.807) is 36.4 Å². The molecule has 0 radical (unpaired) electrons. The van der Waals surface area contributed by atoms with Crippen LogP contribution >= 0.6 is 0 Å². The van der Waals surface area contributed by atoms with Crippen LogP contribution in [0.5, 0.6) is 0 Å². The van der Waals surface area contributed by atoms with E-state index in [0.29, 0.717) is 11.1 Å². The molecule has 1 aromatic heterocycles. The highest BCUT2D eigenvalue weighted by Gasteiger charge is 2.33. The van der Waals surface area contributed by atoms with Crippen molar-refractivity contribution in [2.75, 3.05) is 0 Å². The number of hydrogen-bond donors (Lipinski definition) is 0. The third kappa shape index (κ3) is 3.39. The Morgan fingerprint density at radius 3 is 2.04 bits per heavy atom. The van der Waals surface area contributed by atoms with Gasteiger partial charge in [0.2, 0.25) is 0 Å². The fourth-order valence-electron chi connectivity index (χ4n) is 2.27. The van der Waals surface area contributed by atoms with Crippen LogP contribution in [0.25, 0.3) is 22.4 Å². The lowest BCUT2D eigenvalue weighted by Gasteiger charge is -2.12. The highest BCUT2D eigenvalue weighted by Crippen LogP contribution is 2.34. The molecular formula is C18H11F4N. The topological polar surface area (TPSA) is 12.9 Å². The van der Waals surface area contributed by atoms with Gasteiger partial charge in [0.25, 0.3) is 0 Å². The van der Waals surface area contributed by atoms with E-state index in [0.717, 1.165) is 6.07 Å². The van der Waals surface area contributed by atoms with Crippen LogP contribution in [0, 0.1) is 5.82 Å². The van der Waals surface area contributed by atoms with Gasteiger partial charge in [0, 0.05) is 5.56 Å². The summed E-state index contributed by atoms with van der Waals surface area (Å²) >= 11 is 0. The normalized spacial score (nSPS) is 11.5. The lowest BCUT2D eigenvalue weighted by molar-refractivity contribution is -0.141. The first-order valence-electron chi connectivity index (χ1n) is 6.84. The van der Waals surface area contributed by atoms with Gasteiger partial charge in [0.1, 0.15) is 11.5 Å². The van der Waals surface area contributed by atoms with Gasteiger partial charge in [-0.25, -0.2) is 9.37 Å². The van der Waals surface area contributed by atoms with E-state index in [1.165, 1.54) is 24.3 Å². The molecule has 0 N–H and O–H groups in total. The molecule has 0 aliphatic heterocycles. The molecule has 0 saturated heterocycles. The Kier molecular flexibility index (Phi) is 3.86. The summed E-state index contributed by atoms with van der Waals surface area (Å²) in [7, 11) is 0. The molecule has 0 saturated carbocycles. The molecular weight excluding hydrogens is 306 g/mol. The number of rotatable bonds is 2. The first-order valence-corrected chi connectivity index (χ1v) is 6.84. The molecule has 0 atom stereocenters. The Bertz CT molecular complexity index is 826. The molecule has 3 rings (SSSR count). The number of benzene rings is 2. The number of hydrogen-bond acceptors (Lipinski definition) is 1. The lowest BCUT2D eigenvalue weighted by Crippen LogP contribution is -2.09. The van der Waals surface area contributed by atoms with Gasteiger partial charge >= 0.3 is 6.18 Å². The van der Waals surface area contributed by atoms with Crippen molar-refractivity contribution in [1.82, 2.24) is 4.98 Å². The zero-order valence-corrected chi connectivity index (χ0v) is 11.8. The number of nitrogens with zero attached hydrogens (tertiary/aromatic N) is 1. The van der Waals surface area contributed by atoms with E-state index in [4.69, 9.17) is 0 Å². The second-order valence-electron chi connectivity index (χ2n) is 5.00. The first-order chi connectivity index (χ1) is 10.9. The molecule has 0 aliphatic carbocycles. The minimum absolute atomic E-state index is 0.194. The van der Waals surface area contributed by atoms with E-state index in [1.807, 2.05) is 0 Å². The predicted octanol–water partition coefficient (Wildman–Crippen LogP) is 5.57. The molecule has 0 fully saturated rings. The first kappa shape index (κ1) is 15.2. The van der Waals surface area contributed by atoms with Crippen molar-refractivity contribution in [1.29, 1.82) is 0 Å². The molecule has 0 amide bonds. The molecule has 1 heterocycles. The van der Waals surface area contributed by atoms with Gasteiger partial charge in [-0.05, 0) is 35.4 Å². The summed E-state index contributed by atoms with van der Waals surface area (Å²) in [6, 6.07) is 16.5. The lowest BCUT2D eigenvalue weighted by atomic mass is 10.0. The van der Waals surface area contributed by atoms with Crippen molar-refractivity contribution in [3.05, 3.63) is 78.2 Å². The molecule has 116 valence electrons. The zero-order chi connectivity index (χ0) is 16.4. The summed E-state index contributed by atoms with van der Waals surface area (Å²) in [6.45, 7) is 0. The fraction of sp³-hybridized carbons (Fsp3) is 0.0556.